The largest absolute Gasteiger partial charge is 0.507 e. The fourth-order valence-corrected chi connectivity index (χ4v) is 3.88. The number of carbonyl (C=O) groups is 4. The van der Waals surface area contributed by atoms with Crippen LogP contribution in [0, 0.1) is 16.7 Å². The molecule has 3 aromatic rings. The van der Waals surface area contributed by atoms with Crippen LogP contribution in [0.25, 0.3) is 11.1 Å². The Bertz CT molecular complexity index is 1690. The molecule has 0 aliphatic rings. The Morgan fingerprint density at radius 1 is 1.02 bits per heavy atom. The summed E-state index contributed by atoms with van der Waals surface area (Å²) in [5.41, 5.74) is -4.83. The highest BCUT2D eigenvalue weighted by atomic mass is 19.4. The number of rotatable bonds is 8. The molecule has 236 valence electrons. The molecule has 0 saturated heterocycles. The predicted molar refractivity (Wildman–Crippen MR) is 156 cm³/mol. The van der Waals surface area contributed by atoms with Crippen LogP contribution in [0.3, 0.4) is 0 Å². The molecule has 5 N–H and O–H groups in total. The minimum absolute atomic E-state index is 0.0163. The monoisotopic (exact) mass is 629 g/mol. The number of ether oxygens (including phenoxy) is 2. The Labute approximate surface area is 253 Å². The maximum absolute atomic E-state index is 14.0. The molecule has 0 atom stereocenters. The van der Waals surface area contributed by atoms with Gasteiger partial charge in [-0.1, -0.05) is 6.07 Å². The molecule has 16 heteroatoms. The van der Waals surface area contributed by atoms with Crippen molar-refractivity contribution in [3.63, 3.8) is 0 Å². The highest BCUT2D eigenvalue weighted by molar-refractivity contribution is 6.48. The van der Waals surface area contributed by atoms with Gasteiger partial charge in [-0.05, 0) is 48.0 Å². The summed E-state index contributed by atoms with van der Waals surface area (Å²) in [6, 6.07) is 9.59. The Kier molecular flexibility index (Phi) is 11.7. The Hall–Kier alpha value is -5.95. The summed E-state index contributed by atoms with van der Waals surface area (Å²) in [5, 5.41) is 41.8. The number of nitriles is 1. The minimum Gasteiger partial charge on any atom is -0.507 e. The number of aromatic hydroxyl groups is 1. The number of amides is 3. The topological polar surface area (TPSA) is 202 Å². The number of benzene rings is 3. The van der Waals surface area contributed by atoms with Crippen LogP contribution in [-0.4, -0.2) is 68.7 Å². The van der Waals surface area contributed by atoms with Crippen molar-refractivity contribution in [1.29, 1.82) is 10.7 Å². The molecule has 0 heterocycles. The summed E-state index contributed by atoms with van der Waals surface area (Å²) in [7, 11) is 5.40. The van der Waals surface area contributed by atoms with Gasteiger partial charge < -0.3 is 30.3 Å². The smallest absolute Gasteiger partial charge is 0.417 e. The first-order valence-electron chi connectivity index (χ1n) is 12.3. The fraction of sp³-hybridized carbons (Fsp3) is 0.172. The second-order valence-electron chi connectivity index (χ2n) is 8.85. The van der Waals surface area contributed by atoms with E-state index >= 15 is 0 Å². The Morgan fingerprint density at radius 2 is 1.67 bits per heavy atom. The second-order valence-corrected chi connectivity index (χ2v) is 8.85. The average molecular weight is 630 g/mol. The molecule has 0 fully saturated rings. The van der Waals surface area contributed by atoms with Crippen molar-refractivity contribution < 1.29 is 52.0 Å². The lowest BCUT2D eigenvalue weighted by Gasteiger charge is -2.23. The number of phenols is 1. The molecule has 0 unspecified atom stereocenters. The van der Waals surface area contributed by atoms with Gasteiger partial charge in [0.25, 0.3) is 5.91 Å². The predicted octanol–water partition coefficient (Wildman–Crippen LogP) is 4.69. The van der Waals surface area contributed by atoms with Crippen LogP contribution in [0.15, 0.2) is 48.5 Å². The van der Waals surface area contributed by atoms with E-state index in [9.17, 15) is 42.6 Å². The molecule has 0 saturated carbocycles. The molecule has 3 aromatic carbocycles. The Balaban J connectivity index is 0.00000226. The Morgan fingerprint density at radius 3 is 2.20 bits per heavy atom. The zero-order valence-electron chi connectivity index (χ0n) is 24.1. The molecule has 0 spiro atoms. The van der Waals surface area contributed by atoms with Gasteiger partial charge in [-0.15, -0.1) is 0 Å². The third-order valence-electron chi connectivity index (χ3n) is 5.89. The quantitative estimate of drug-likeness (QED) is 0.173. The molecule has 3 amide bonds. The normalized spacial score (nSPS) is 10.4. The zero-order chi connectivity index (χ0) is 34.1. The van der Waals surface area contributed by atoms with Crippen LogP contribution in [-0.2, 0) is 25.2 Å². The molecule has 3 rings (SSSR count). The van der Waals surface area contributed by atoms with E-state index in [1.165, 1.54) is 6.07 Å². The maximum atomic E-state index is 14.0. The fourth-order valence-electron chi connectivity index (χ4n) is 3.88. The number of halogens is 3. The number of anilines is 3. The third kappa shape index (κ3) is 8.33. The second kappa shape index (κ2) is 15.0. The van der Waals surface area contributed by atoms with Crippen LogP contribution < -0.4 is 15.5 Å². The van der Waals surface area contributed by atoms with Crippen molar-refractivity contribution in [1.82, 2.24) is 0 Å². The first-order valence-corrected chi connectivity index (χ1v) is 12.3. The van der Waals surface area contributed by atoms with Gasteiger partial charge in [-0.3, -0.25) is 19.9 Å². The van der Waals surface area contributed by atoms with Gasteiger partial charge in [0.05, 0.1) is 41.2 Å². The molecule has 0 aromatic heterocycles. The van der Waals surface area contributed by atoms with Crippen LogP contribution in [0.5, 0.6) is 5.75 Å². The SMILES string of the molecule is COC.COC(=O)N(C)c1cc(C(=N)C(=O)Nc2ccc(C#N)cc2C(=O)O)c(O)cc1-c1ccc(NC=O)cc1C(F)(F)F. The van der Waals surface area contributed by atoms with E-state index in [0.717, 1.165) is 55.5 Å². The number of nitrogens with zero attached hydrogens (tertiary/aromatic N) is 2. The number of nitrogens with one attached hydrogen (secondary N) is 3. The maximum Gasteiger partial charge on any atom is 0.417 e. The number of hydrogen-bond acceptors (Lipinski definition) is 9. The summed E-state index contributed by atoms with van der Waals surface area (Å²) in [6.45, 7) is 0. The molecular formula is C29H26F3N5O8. The van der Waals surface area contributed by atoms with Gasteiger partial charge in [0, 0.05) is 38.1 Å². The van der Waals surface area contributed by atoms with Crippen LogP contribution in [0.2, 0.25) is 0 Å². The van der Waals surface area contributed by atoms with Crippen LogP contribution in [0.4, 0.5) is 35.0 Å². The average Bonchev–Trinajstić information content (AvgIpc) is 3.00. The van der Waals surface area contributed by atoms with Crippen molar-refractivity contribution in [2.45, 2.75) is 6.18 Å². The van der Waals surface area contributed by atoms with E-state index in [0.29, 0.717) is 6.07 Å². The van der Waals surface area contributed by atoms with Crippen LogP contribution >= 0.6 is 0 Å². The van der Waals surface area contributed by atoms with Crippen molar-refractivity contribution >= 4 is 47.2 Å². The molecule has 0 bridgehead atoms. The van der Waals surface area contributed by atoms with Gasteiger partial charge in [-0.25, -0.2) is 9.59 Å². The lowest BCUT2D eigenvalue weighted by molar-refractivity contribution is -0.137. The van der Waals surface area contributed by atoms with Gasteiger partial charge in [0.1, 0.15) is 11.5 Å². The molecule has 0 aliphatic heterocycles. The summed E-state index contributed by atoms with van der Waals surface area (Å²) in [4.78, 5) is 48.4. The van der Waals surface area contributed by atoms with Crippen LogP contribution in [0.1, 0.15) is 27.0 Å². The molecule has 0 radical (unpaired) electrons. The zero-order valence-corrected chi connectivity index (χ0v) is 24.1. The van der Waals surface area contributed by atoms with E-state index in [1.807, 2.05) is 0 Å². The first-order chi connectivity index (χ1) is 21.1. The van der Waals surface area contributed by atoms with Gasteiger partial charge in [0.15, 0.2) is 0 Å². The number of alkyl halides is 3. The highest BCUT2D eigenvalue weighted by Crippen LogP contribution is 2.44. The number of aromatic carboxylic acids is 1. The molecular weight excluding hydrogens is 603 g/mol. The van der Waals surface area contributed by atoms with Gasteiger partial charge in [-0.2, -0.15) is 18.4 Å². The van der Waals surface area contributed by atoms with E-state index in [2.05, 4.69) is 20.1 Å². The van der Waals surface area contributed by atoms with E-state index in [1.54, 1.807) is 20.3 Å². The number of hydrogen-bond donors (Lipinski definition) is 5. The lowest BCUT2D eigenvalue weighted by atomic mass is 9.93. The standard InChI is InChI=1S/C27H20F3N5O7.C2H6O/c1-35(26(41)42-2)21-9-18(23(32)24(38)34-20-6-3-13(11-31)7-17(20)25(39)40)22(37)10-16(21)15-5-4-14(33-12-36)8-19(15)27(28,29)30;1-3-2/h3-10,12,32,37H,1-2H3,(H,33,36)(H,34,38)(H,39,40);1-2H3. The van der Waals surface area contributed by atoms with E-state index in [4.69, 9.17) is 10.7 Å². The summed E-state index contributed by atoms with van der Waals surface area (Å²) in [6.07, 6.45) is -5.82. The number of carboxylic acids is 1. The van der Waals surface area contributed by atoms with Crippen molar-refractivity contribution in [2.24, 2.45) is 0 Å². The van der Waals surface area contributed by atoms with Crippen molar-refractivity contribution in [3.8, 4) is 22.9 Å². The number of carboxylic acid groups (broad SMARTS) is 1. The van der Waals surface area contributed by atoms with E-state index in [-0.39, 0.29) is 34.6 Å². The molecule has 0 aliphatic carbocycles. The summed E-state index contributed by atoms with van der Waals surface area (Å²) >= 11 is 0. The minimum atomic E-state index is -4.96. The third-order valence-corrected chi connectivity index (χ3v) is 5.89. The first kappa shape index (κ1) is 35.2. The number of phenolic OH excluding ortho intramolecular Hbond substituents is 1. The number of methoxy groups -OCH3 is 2. The number of carbonyl (C=O) groups excluding carboxylic acids is 3. The summed E-state index contributed by atoms with van der Waals surface area (Å²) < 4.78 is 51.0. The molecule has 13 nitrogen and oxygen atoms in total. The lowest BCUT2D eigenvalue weighted by Crippen LogP contribution is -2.28. The van der Waals surface area contributed by atoms with Crippen molar-refractivity contribution in [3.05, 3.63) is 70.8 Å². The van der Waals surface area contributed by atoms with Gasteiger partial charge in [0.2, 0.25) is 6.41 Å². The van der Waals surface area contributed by atoms with Gasteiger partial charge >= 0.3 is 18.2 Å². The molecule has 45 heavy (non-hydrogen) atoms. The van der Waals surface area contributed by atoms with Crippen molar-refractivity contribution in [2.75, 3.05) is 43.9 Å². The van der Waals surface area contributed by atoms with E-state index < -0.39 is 57.9 Å². The summed E-state index contributed by atoms with van der Waals surface area (Å²) in [5.74, 6) is -3.54. The highest BCUT2D eigenvalue weighted by Gasteiger charge is 2.35.